The van der Waals surface area contributed by atoms with E-state index in [4.69, 9.17) is 0 Å². The molecule has 0 aliphatic heterocycles. The van der Waals surface area contributed by atoms with E-state index < -0.39 is 21.7 Å². The molecule has 0 saturated carbocycles. The molecule has 1 amide bonds. The second-order valence-corrected chi connectivity index (χ2v) is 8.10. The van der Waals surface area contributed by atoms with E-state index in [0.29, 0.717) is 16.9 Å². The van der Waals surface area contributed by atoms with Crippen LogP contribution in [0.15, 0.2) is 54.7 Å². The van der Waals surface area contributed by atoms with Crippen molar-refractivity contribution in [2.45, 2.75) is 13.8 Å². The zero-order chi connectivity index (χ0) is 20.3. The van der Waals surface area contributed by atoms with Gasteiger partial charge in [-0.15, -0.1) is 0 Å². The number of amides is 1. The van der Waals surface area contributed by atoms with E-state index in [2.05, 4.69) is 15.1 Å². The van der Waals surface area contributed by atoms with Gasteiger partial charge in [-0.1, -0.05) is 12.1 Å². The minimum atomic E-state index is -3.38. The van der Waals surface area contributed by atoms with Crippen molar-refractivity contribution in [2.75, 3.05) is 15.8 Å². The Morgan fingerprint density at radius 3 is 2.61 bits per heavy atom. The van der Waals surface area contributed by atoms with Gasteiger partial charge in [0.25, 0.3) is 5.91 Å². The molecular formula is C19H19FN4O3S. The summed E-state index contributed by atoms with van der Waals surface area (Å²) >= 11 is 0. The number of sulfonamides is 1. The maximum absolute atomic E-state index is 13.8. The molecule has 0 atom stereocenters. The van der Waals surface area contributed by atoms with Crippen LogP contribution in [0.4, 0.5) is 15.8 Å². The highest BCUT2D eigenvalue weighted by molar-refractivity contribution is 7.92. The number of aryl methyl sites for hydroxylation is 1. The van der Waals surface area contributed by atoms with Crippen LogP contribution in [0.25, 0.3) is 5.69 Å². The molecule has 0 unspecified atom stereocenters. The second kappa shape index (κ2) is 7.81. The Labute approximate surface area is 162 Å². The van der Waals surface area contributed by atoms with Crippen LogP contribution in [0, 0.1) is 12.7 Å². The number of hydrogen-bond acceptors (Lipinski definition) is 4. The molecule has 0 bridgehead atoms. The third-order valence-corrected chi connectivity index (χ3v) is 5.34. The molecule has 146 valence electrons. The smallest absolute Gasteiger partial charge is 0.276 e. The summed E-state index contributed by atoms with van der Waals surface area (Å²) < 4.78 is 41.0. The number of para-hydroxylation sites is 1. The topological polar surface area (TPSA) is 93.1 Å². The first kappa shape index (κ1) is 19.6. The Bertz CT molecular complexity index is 1130. The van der Waals surface area contributed by atoms with E-state index in [1.54, 1.807) is 50.2 Å². The van der Waals surface area contributed by atoms with Gasteiger partial charge in [-0.05, 0) is 55.8 Å². The molecule has 0 spiro atoms. The van der Waals surface area contributed by atoms with Gasteiger partial charge in [0.05, 0.1) is 11.4 Å². The molecule has 2 aromatic carbocycles. The molecule has 1 heterocycles. The van der Waals surface area contributed by atoms with Crippen LogP contribution < -0.4 is 10.0 Å². The van der Waals surface area contributed by atoms with Gasteiger partial charge in [0.1, 0.15) is 11.5 Å². The molecule has 0 fully saturated rings. The lowest BCUT2D eigenvalue weighted by Crippen LogP contribution is -2.16. The Morgan fingerprint density at radius 1 is 1.18 bits per heavy atom. The summed E-state index contributed by atoms with van der Waals surface area (Å²) in [5.74, 6) is -0.940. The fraction of sp³-hybridized carbons (Fsp3) is 0.158. The highest BCUT2D eigenvalue weighted by Crippen LogP contribution is 2.21. The van der Waals surface area contributed by atoms with Crippen molar-refractivity contribution in [2.24, 2.45) is 0 Å². The van der Waals surface area contributed by atoms with Gasteiger partial charge >= 0.3 is 0 Å². The van der Waals surface area contributed by atoms with E-state index in [9.17, 15) is 17.6 Å². The largest absolute Gasteiger partial charge is 0.321 e. The first-order valence-electron chi connectivity index (χ1n) is 8.52. The number of rotatable bonds is 6. The summed E-state index contributed by atoms with van der Waals surface area (Å²) in [5, 5.41) is 6.81. The van der Waals surface area contributed by atoms with Crippen LogP contribution >= 0.6 is 0 Å². The number of carbonyl (C=O) groups is 1. The number of nitrogens with one attached hydrogen (secondary N) is 2. The minimum Gasteiger partial charge on any atom is -0.321 e. The van der Waals surface area contributed by atoms with Crippen LogP contribution in [0.1, 0.15) is 23.0 Å². The van der Waals surface area contributed by atoms with Gasteiger partial charge in [-0.3, -0.25) is 9.52 Å². The molecule has 7 nitrogen and oxygen atoms in total. The van der Waals surface area contributed by atoms with Gasteiger partial charge in [0, 0.05) is 11.9 Å². The maximum Gasteiger partial charge on any atom is 0.276 e. The zero-order valence-electron chi connectivity index (χ0n) is 15.3. The lowest BCUT2D eigenvalue weighted by Gasteiger charge is -2.11. The van der Waals surface area contributed by atoms with Crippen molar-refractivity contribution < 1.29 is 17.6 Å². The van der Waals surface area contributed by atoms with Gasteiger partial charge in [-0.2, -0.15) is 5.10 Å². The van der Waals surface area contributed by atoms with Crippen molar-refractivity contribution in [3.63, 3.8) is 0 Å². The average Bonchev–Trinajstić information content (AvgIpc) is 3.14. The van der Waals surface area contributed by atoms with Crippen LogP contribution in [-0.4, -0.2) is 29.9 Å². The fourth-order valence-electron chi connectivity index (χ4n) is 2.51. The van der Waals surface area contributed by atoms with Crippen molar-refractivity contribution in [3.05, 3.63) is 71.8 Å². The Balaban J connectivity index is 1.75. The molecular weight excluding hydrogens is 383 g/mol. The first-order valence-corrected chi connectivity index (χ1v) is 10.2. The molecule has 28 heavy (non-hydrogen) atoms. The van der Waals surface area contributed by atoms with Crippen molar-refractivity contribution in [1.29, 1.82) is 0 Å². The maximum atomic E-state index is 13.8. The Hall–Kier alpha value is -3.20. The highest BCUT2D eigenvalue weighted by Gasteiger charge is 2.14. The monoisotopic (exact) mass is 402 g/mol. The normalized spacial score (nSPS) is 11.2. The summed E-state index contributed by atoms with van der Waals surface area (Å²) in [7, 11) is -3.38. The van der Waals surface area contributed by atoms with Crippen LogP contribution in [-0.2, 0) is 10.0 Å². The molecule has 0 aliphatic rings. The second-order valence-electron chi connectivity index (χ2n) is 6.09. The van der Waals surface area contributed by atoms with E-state index in [1.165, 1.54) is 23.0 Å². The van der Waals surface area contributed by atoms with Gasteiger partial charge in [0.15, 0.2) is 5.69 Å². The van der Waals surface area contributed by atoms with E-state index in [1.807, 2.05) is 0 Å². The van der Waals surface area contributed by atoms with Crippen molar-refractivity contribution >= 4 is 27.3 Å². The van der Waals surface area contributed by atoms with E-state index >= 15 is 0 Å². The van der Waals surface area contributed by atoms with Gasteiger partial charge < -0.3 is 5.32 Å². The average molecular weight is 402 g/mol. The predicted octanol–water partition coefficient (Wildman–Crippen LogP) is 3.33. The molecule has 3 rings (SSSR count). The Morgan fingerprint density at radius 2 is 1.93 bits per heavy atom. The zero-order valence-corrected chi connectivity index (χ0v) is 16.1. The van der Waals surface area contributed by atoms with Gasteiger partial charge in [0.2, 0.25) is 10.0 Å². The number of hydrogen-bond donors (Lipinski definition) is 2. The third kappa shape index (κ3) is 4.37. The Kier molecular flexibility index (Phi) is 5.46. The molecule has 0 radical (unpaired) electrons. The quantitative estimate of drug-likeness (QED) is 0.661. The van der Waals surface area contributed by atoms with Crippen molar-refractivity contribution in [1.82, 2.24) is 9.78 Å². The number of nitrogens with zero attached hydrogens (tertiary/aromatic N) is 2. The molecule has 1 aromatic heterocycles. The third-order valence-electron chi connectivity index (χ3n) is 4.05. The number of anilines is 2. The molecule has 2 N–H and O–H groups in total. The SMILES string of the molecule is CCS(=O)(=O)Nc1ccc(NC(=O)c2ccn(-c3ccccc3F)n2)cc1C. The van der Waals surface area contributed by atoms with Crippen molar-refractivity contribution in [3.8, 4) is 5.69 Å². The lowest BCUT2D eigenvalue weighted by molar-refractivity contribution is 0.102. The summed E-state index contributed by atoms with van der Waals surface area (Å²) in [6, 6.07) is 12.4. The predicted molar refractivity (Wildman–Crippen MR) is 106 cm³/mol. The first-order chi connectivity index (χ1) is 13.3. The molecule has 0 saturated heterocycles. The molecule has 9 heteroatoms. The van der Waals surface area contributed by atoms with E-state index in [-0.39, 0.29) is 17.1 Å². The number of halogens is 1. The van der Waals surface area contributed by atoms with Gasteiger partial charge in [-0.25, -0.2) is 17.5 Å². The minimum absolute atomic E-state index is 0.0321. The summed E-state index contributed by atoms with van der Waals surface area (Å²) in [6.45, 7) is 3.28. The summed E-state index contributed by atoms with van der Waals surface area (Å²) in [4.78, 5) is 12.4. The molecule has 3 aromatic rings. The summed E-state index contributed by atoms with van der Waals surface area (Å²) in [5.41, 5.74) is 1.96. The van der Waals surface area contributed by atoms with E-state index in [0.717, 1.165) is 0 Å². The fourth-order valence-corrected chi connectivity index (χ4v) is 3.22. The summed E-state index contributed by atoms with van der Waals surface area (Å²) in [6.07, 6.45) is 1.50. The number of benzene rings is 2. The highest BCUT2D eigenvalue weighted by atomic mass is 32.2. The lowest BCUT2D eigenvalue weighted by atomic mass is 10.2. The van der Waals surface area contributed by atoms with Crippen LogP contribution in [0.3, 0.4) is 0 Å². The number of aromatic nitrogens is 2. The molecule has 0 aliphatic carbocycles. The van der Waals surface area contributed by atoms with Crippen LogP contribution in [0.2, 0.25) is 0 Å². The number of carbonyl (C=O) groups excluding carboxylic acids is 1. The van der Waals surface area contributed by atoms with Crippen LogP contribution in [0.5, 0.6) is 0 Å². The standard InChI is InChI=1S/C19H19FN4O3S/c1-3-28(26,27)23-16-9-8-14(12-13(16)2)21-19(25)17-10-11-24(22-17)18-7-5-4-6-15(18)20/h4-12,23H,3H2,1-2H3,(H,21,25).